The fraction of sp³-hybridized carbons (Fsp3) is 1.00. The van der Waals surface area contributed by atoms with Crippen molar-refractivity contribution >= 4 is 0 Å². The summed E-state index contributed by atoms with van der Waals surface area (Å²) in [7, 11) is 0. The van der Waals surface area contributed by atoms with Crippen LogP contribution >= 0.6 is 0 Å². The molecular formula is C10H16O4. The first-order chi connectivity index (χ1) is 6.92. The molecule has 3 aliphatic rings. The van der Waals surface area contributed by atoms with E-state index in [0.717, 1.165) is 18.8 Å². The minimum absolute atomic E-state index is 0.226. The third kappa shape index (κ3) is 1.93. The van der Waals surface area contributed by atoms with Crippen LogP contribution in [0.1, 0.15) is 32.1 Å². The number of epoxide rings is 1. The van der Waals surface area contributed by atoms with Crippen molar-refractivity contribution in [3.05, 3.63) is 0 Å². The highest BCUT2D eigenvalue weighted by atomic mass is 17.5. The molecule has 3 fully saturated rings. The van der Waals surface area contributed by atoms with Crippen LogP contribution in [0.15, 0.2) is 0 Å². The van der Waals surface area contributed by atoms with Gasteiger partial charge in [0, 0.05) is 6.42 Å². The fourth-order valence-electron chi connectivity index (χ4n) is 2.57. The van der Waals surface area contributed by atoms with E-state index in [0.29, 0.717) is 18.8 Å². The minimum Gasteiger partial charge on any atom is -0.370 e. The van der Waals surface area contributed by atoms with Gasteiger partial charge < -0.3 is 4.74 Å². The van der Waals surface area contributed by atoms with E-state index in [1.165, 1.54) is 19.3 Å². The Morgan fingerprint density at radius 2 is 2.07 bits per heavy atom. The maximum Gasteiger partial charge on any atom is 0.0987 e. The number of fused-ring (bicyclic) bond motifs is 1. The van der Waals surface area contributed by atoms with Gasteiger partial charge in [-0.15, -0.1) is 0 Å². The lowest BCUT2D eigenvalue weighted by Gasteiger charge is -2.25. The van der Waals surface area contributed by atoms with Gasteiger partial charge in [0.2, 0.25) is 0 Å². The molecule has 0 amide bonds. The molecule has 0 aromatic carbocycles. The Labute approximate surface area is 83.3 Å². The Morgan fingerprint density at radius 3 is 2.86 bits per heavy atom. The summed E-state index contributed by atoms with van der Waals surface area (Å²) in [5.74, 6) is 0.755. The lowest BCUT2D eigenvalue weighted by atomic mass is 9.85. The van der Waals surface area contributed by atoms with E-state index < -0.39 is 0 Å². The summed E-state index contributed by atoms with van der Waals surface area (Å²) in [5.41, 5.74) is 0. The molecule has 4 nitrogen and oxygen atoms in total. The van der Waals surface area contributed by atoms with E-state index in [-0.39, 0.29) is 6.10 Å². The number of ether oxygens (including phenoxy) is 1. The molecule has 4 atom stereocenters. The van der Waals surface area contributed by atoms with Gasteiger partial charge in [-0.1, -0.05) is 5.04 Å². The van der Waals surface area contributed by atoms with Crippen LogP contribution in [0.3, 0.4) is 0 Å². The molecule has 0 radical (unpaired) electrons. The van der Waals surface area contributed by atoms with E-state index in [4.69, 9.17) is 9.62 Å². The van der Waals surface area contributed by atoms with Gasteiger partial charge in [-0.25, -0.2) is 9.78 Å². The average molecular weight is 200 g/mol. The zero-order valence-corrected chi connectivity index (χ0v) is 8.19. The quantitative estimate of drug-likeness (QED) is 0.501. The molecule has 1 aliphatic carbocycles. The van der Waals surface area contributed by atoms with Crippen molar-refractivity contribution in [2.75, 3.05) is 6.61 Å². The van der Waals surface area contributed by atoms with E-state index in [1.807, 2.05) is 0 Å². The summed E-state index contributed by atoms with van der Waals surface area (Å²) < 4.78 is 5.50. The largest absolute Gasteiger partial charge is 0.370 e. The molecule has 4 heteroatoms. The number of rotatable bonds is 2. The maximum absolute atomic E-state index is 5.50. The van der Waals surface area contributed by atoms with Crippen molar-refractivity contribution in [1.82, 2.24) is 0 Å². The third-order valence-corrected chi connectivity index (χ3v) is 3.46. The van der Waals surface area contributed by atoms with Crippen LogP contribution in [0.4, 0.5) is 0 Å². The van der Waals surface area contributed by atoms with Crippen molar-refractivity contribution in [2.24, 2.45) is 5.92 Å². The van der Waals surface area contributed by atoms with Gasteiger partial charge in [0.05, 0.1) is 24.9 Å². The van der Waals surface area contributed by atoms with Crippen molar-refractivity contribution in [3.63, 3.8) is 0 Å². The molecule has 2 heterocycles. The molecule has 14 heavy (non-hydrogen) atoms. The maximum atomic E-state index is 5.50. The van der Waals surface area contributed by atoms with Crippen LogP contribution in [0, 0.1) is 5.92 Å². The van der Waals surface area contributed by atoms with E-state index in [1.54, 1.807) is 0 Å². The Balaban J connectivity index is 1.46. The molecular weight excluding hydrogens is 184 g/mol. The highest BCUT2D eigenvalue weighted by Gasteiger charge is 2.44. The zero-order chi connectivity index (χ0) is 9.38. The second kappa shape index (κ2) is 3.77. The highest BCUT2D eigenvalue weighted by molar-refractivity contribution is 4.92. The summed E-state index contributed by atoms with van der Waals surface area (Å²) in [5, 5.41) is 4.53. The zero-order valence-electron chi connectivity index (χ0n) is 8.19. The van der Waals surface area contributed by atoms with Crippen molar-refractivity contribution in [3.8, 4) is 0 Å². The molecule has 0 spiro atoms. The third-order valence-electron chi connectivity index (χ3n) is 3.46. The normalized spacial score (nSPS) is 47.1. The first-order valence-electron chi connectivity index (χ1n) is 5.52. The summed E-state index contributed by atoms with van der Waals surface area (Å²) in [6.07, 6.45) is 7.16. The van der Waals surface area contributed by atoms with Gasteiger partial charge in [-0.3, -0.25) is 0 Å². The fourth-order valence-corrected chi connectivity index (χ4v) is 2.57. The number of hydrogen-bond acceptors (Lipinski definition) is 4. The van der Waals surface area contributed by atoms with Crippen LogP contribution in [0.2, 0.25) is 0 Å². The molecule has 0 aromatic rings. The minimum atomic E-state index is 0.226. The average Bonchev–Trinajstić information content (AvgIpc) is 2.97. The Hall–Kier alpha value is -0.160. The van der Waals surface area contributed by atoms with Crippen LogP contribution in [-0.2, 0) is 19.6 Å². The van der Waals surface area contributed by atoms with Gasteiger partial charge in [-0.05, 0) is 31.6 Å². The van der Waals surface area contributed by atoms with Gasteiger partial charge in [0.25, 0.3) is 0 Å². The second-order valence-corrected chi connectivity index (χ2v) is 4.52. The SMILES string of the molecule is C1CC(CC2CCC3OC3C2)OOO1. The summed E-state index contributed by atoms with van der Waals surface area (Å²) in [4.78, 5) is 9.74. The Morgan fingerprint density at radius 1 is 1.07 bits per heavy atom. The smallest absolute Gasteiger partial charge is 0.0987 e. The van der Waals surface area contributed by atoms with Crippen molar-refractivity contribution in [1.29, 1.82) is 0 Å². The van der Waals surface area contributed by atoms with Crippen molar-refractivity contribution < 1.29 is 19.6 Å². The molecule has 2 saturated heterocycles. The second-order valence-electron chi connectivity index (χ2n) is 4.52. The molecule has 1 saturated carbocycles. The summed E-state index contributed by atoms with van der Waals surface area (Å²) >= 11 is 0. The van der Waals surface area contributed by atoms with E-state index in [9.17, 15) is 0 Å². The molecule has 0 aromatic heterocycles. The van der Waals surface area contributed by atoms with Crippen LogP contribution in [0.5, 0.6) is 0 Å². The van der Waals surface area contributed by atoms with Crippen molar-refractivity contribution in [2.45, 2.75) is 50.4 Å². The highest BCUT2D eigenvalue weighted by Crippen LogP contribution is 2.41. The lowest BCUT2D eigenvalue weighted by Crippen LogP contribution is -2.26. The van der Waals surface area contributed by atoms with Crippen LogP contribution in [-0.4, -0.2) is 24.9 Å². The molecule has 4 unspecified atom stereocenters. The summed E-state index contributed by atoms with van der Waals surface area (Å²) in [6, 6.07) is 0. The topological polar surface area (TPSA) is 40.2 Å². The van der Waals surface area contributed by atoms with Gasteiger partial charge in [0.15, 0.2) is 0 Å². The predicted octanol–water partition coefficient (Wildman–Crippen LogP) is 1.60. The summed E-state index contributed by atoms with van der Waals surface area (Å²) in [6.45, 7) is 0.653. The monoisotopic (exact) mass is 200 g/mol. The first kappa shape index (κ1) is 9.09. The van der Waals surface area contributed by atoms with E-state index in [2.05, 4.69) is 9.93 Å². The van der Waals surface area contributed by atoms with Gasteiger partial charge in [0.1, 0.15) is 0 Å². The van der Waals surface area contributed by atoms with Crippen LogP contribution in [0.25, 0.3) is 0 Å². The molecule has 3 rings (SSSR count). The lowest BCUT2D eigenvalue weighted by molar-refractivity contribution is -0.549. The van der Waals surface area contributed by atoms with Gasteiger partial charge >= 0.3 is 0 Å². The number of hydrogen-bond donors (Lipinski definition) is 0. The predicted molar refractivity (Wildman–Crippen MR) is 47.1 cm³/mol. The van der Waals surface area contributed by atoms with Gasteiger partial charge in [-0.2, -0.15) is 0 Å². The Bertz CT molecular complexity index is 202. The van der Waals surface area contributed by atoms with Crippen LogP contribution < -0.4 is 0 Å². The first-order valence-corrected chi connectivity index (χ1v) is 5.52. The standard InChI is InChI=1S/C10H16O4/c1-2-9-10(12-9)6-7(1)5-8-3-4-11-14-13-8/h7-10H,1-6H2. The van der Waals surface area contributed by atoms with E-state index >= 15 is 0 Å². The molecule has 2 aliphatic heterocycles. The molecule has 80 valence electrons. The Kier molecular flexibility index (Phi) is 2.45. The molecule has 0 bridgehead atoms. The molecule has 0 N–H and O–H groups in total.